The summed E-state index contributed by atoms with van der Waals surface area (Å²) in [6.07, 6.45) is 1.72. The number of aliphatic carboxylic acids is 1. The van der Waals surface area contributed by atoms with Crippen molar-refractivity contribution in [3.63, 3.8) is 0 Å². The van der Waals surface area contributed by atoms with Gasteiger partial charge in [0.2, 0.25) is 0 Å². The molecular formula is C14H24N2O3S. The van der Waals surface area contributed by atoms with E-state index < -0.39 is 12.0 Å². The maximum Gasteiger partial charge on any atom is 0.327 e. The van der Waals surface area contributed by atoms with Gasteiger partial charge in [0.25, 0.3) is 0 Å². The van der Waals surface area contributed by atoms with Crippen molar-refractivity contribution in [2.75, 3.05) is 24.6 Å². The number of carbonyl (C=O) groups is 2. The van der Waals surface area contributed by atoms with Crippen LogP contribution >= 0.6 is 11.8 Å². The van der Waals surface area contributed by atoms with Gasteiger partial charge in [-0.3, -0.25) is 0 Å². The highest BCUT2D eigenvalue weighted by atomic mass is 32.2. The molecule has 0 aliphatic carbocycles. The summed E-state index contributed by atoms with van der Waals surface area (Å²) in [5.74, 6) is 0.980. The second kappa shape index (κ2) is 5.84. The predicted molar refractivity (Wildman–Crippen MR) is 80.0 cm³/mol. The van der Waals surface area contributed by atoms with Gasteiger partial charge in [0.15, 0.2) is 0 Å². The zero-order valence-corrected chi connectivity index (χ0v) is 13.3. The molecule has 0 bridgehead atoms. The average Bonchev–Trinajstić information content (AvgIpc) is 2.36. The molecule has 2 rings (SSSR count). The Hall–Kier alpha value is -0.910. The summed E-state index contributed by atoms with van der Waals surface area (Å²) in [6.45, 7) is 7.19. The number of amides is 2. The van der Waals surface area contributed by atoms with Crippen LogP contribution in [0.5, 0.6) is 0 Å². The lowest BCUT2D eigenvalue weighted by atomic mass is 9.76. The quantitative estimate of drug-likeness (QED) is 0.806. The van der Waals surface area contributed by atoms with Gasteiger partial charge in [-0.05, 0) is 25.2 Å². The molecule has 2 atom stereocenters. The number of carboxylic acid groups (broad SMARTS) is 1. The number of thioether (sulfide) groups is 1. The summed E-state index contributed by atoms with van der Waals surface area (Å²) < 4.78 is 0. The zero-order chi connectivity index (χ0) is 14.9. The van der Waals surface area contributed by atoms with Crippen molar-refractivity contribution in [2.45, 2.75) is 45.7 Å². The Morgan fingerprint density at radius 2 is 1.95 bits per heavy atom. The van der Waals surface area contributed by atoms with Crippen molar-refractivity contribution in [3.8, 4) is 0 Å². The monoisotopic (exact) mass is 300 g/mol. The molecule has 0 spiro atoms. The van der Waals surface area contributed by atoms with E-state index in [1.165, 1.54) is 0 Å². The fraction of sp³-hybridized carbons (Fsp3) is 0.857. The van der Waals surface area contributed by atoms with E-state index in [1.54, 1.807) is 4.90 Å². The Bertz CT molecular complexity index is 400. The van der Waals surface area contributed by atoms with Gasteiger partial charge in [0, 0.05) is 30.6 Å². The molecule has 2 aliphatic heterocycles. The maximum atomic E-state index is 12.7. The average molecular weight is 300 g/mol. The number of carbonyl (C=O) groups excluding carboxylic acids is 1. The highest BCUT2D eigenvalue weighted by Gasteiger charge is 2.46. The lowest BCUT2D eigenvalue weighted by molar-refractivity contribution is -0.148. The second-order valence-electron chi connectivity index (χ2n) is 6.43. The lowest BCUT2D eigenvalue weighted by Crippen LogP contribution is -2.61. The van der Waals surface area contributed by atoms with E-state index in [-0.39, 0.29) is 17.5 Å². The van der Waals surface area contributed by atoms with Crippen LogP contribution in [0.3, 0.4) is 0 Å². The standard InChI is InChI=1S/C14H24N2O3S/c1-10-9-20-8-7-15(10)13(19)16-6-4-5-14(2,3)11(16)12(17)18/h10-11H,4-9H2,1-3H3,(H,17,18). The van der Waals surface area contributed by atoms with Crippen LogP contribution in [0.25, 0.3) is 0 Å². The molecule has 2 amide bonds. The first kappa shape index (κ1) is 15.5. The Kier molecular flexibility index (Phi) is 4.52. The molecule has 0 aromatic heterocycles. The molecule has 0 saturated carbocycles. The smallest absolute Gasteiger partial charge is 0.327 e. The number of rotatable bonds is 1. The summed E-state index contributed by atoms with van der Waals surface area (Å²) in [5.41, 5.74) is -0.368. The van der Waals surface area contributed by atoms with Gasteiger partial charge >= 0.3 is 12.0 Å². The Morgan fingerprint density at radius 3 is 2.55 bits per heavy atom. The SMILES string of the molecule is CC1CSCCN1C(=O)N1CCCC(C)(C)C1C(=O)O. The summed E-state index contributed by atoms with van der Waals surface area (Å²) >= 11 is 1.85. The highest BCUT2D eigenvalue weighted by molar-refractivity contribution is 7.99. The van der Waals surface area contributed by atoms with E-state index in [0.29, 0.717) is 13.1 Å². The Morgan fingerprint density at radius 1 is 1.25 bits per heavy atom. The first-order valence-electron chi connectivity index (χ1n) is 7.22. The molecule has 2 unspecified atom stereocenters. The second-order valence-corrected chi connectivity index (χ2v) is 7.58. The molecular weight excluding hydrogens is 276 g/mol. The summed E-state index contributed by atoms with van der Waals surface area (Å²) in [7, 11) is 0. The minimum Gasteiger partial charge on any atom is -0.480 e. The van der Waals surface area contributed by atoms with E-state index >= 15 is 0 Å². The largest absolute Gasteiger partial charge is 0.480 e. The highest BCUT2D eigenvalue weighted by Crippen LogP contribution is 2.36. The van der Waals surface area contributed by atoms with Crippen LogP contribution in [0.2, 0.25) is 0 Å². The topological polar surface area (TPSA) is 60.9 Å². The van der Waals surface area contributed by atoms with Gasteiger partial charge in [0.1, 0.15) is 6.04 Å². The van der Waals surface area contributed by atoms with E-state index in [1.807, 2.05) is 37.4 Å². The van der Waals surface area contributed by atoms with Crippen LogP contribution in [0.4, 0.5) is 4.79 Å². The fourth-order valence-corrected chi connectivity index (χ4v) is 4.26. The Balaban J connectivity index is 2.20. The van der Waals surface area contributed by atoms with Crippen molar-refractivity contribution in [1.29, 1.82) is 0 Å². The number of hydrogen-bond donors (Lipinski definition) is 1. The summed E-state index contributed by atoms with van der Waals surface area (Å²) in [5, 5.41) is 9.54. The first-order chi connectivity index (χ1) is 9.34. The van der Waals surface area contributed by atoms with Crippen molar-refractivity contribution in [1.82, 2.24) is 9.80 Å². The van der Waals surface area contributed by atoms with Gasteiger partial charge in [0.05, 0.1) is 0 Å². The summed E-state index contributed by atoms with van der Waals surface area (Å²) in [6, 6.07) is -0.635. The Labute approximate surface area is 124 Å². The molecule has 5 nitrogen and oxygen atoms in total. The number of likely N-dealkylation sites (tertiary alicyclic amines) is 1. The first-order valence-corrected chi connectivity index (χ1v) is 8.38. The summed E-state index contributed by atoms with van der Waals surface area (Å²) in [4.78, 5) is 27.8. The van der Waals surface area contributed by atoms with Crippen molar-refractivity contribution >= 4 is 23.8 Å². The van der Waals surface area contributed by atoms with E-state index in [4.69, 9.17) is 0 Å². The third kappa shape index (κ3) is 2.90. The van der Waals surface area contributed by atoms with Crippen LogP contribution in [-0.2, 0) is 4.79 Å². The lowest BCUT2D eigenvalue weighted by Gasteiger charge is -2.47. The number of nitrogens with zero attached hydrogens (tertiary/aromatic N) is 2. The van der Waals surface area contributed by atoms with Crippen LogP contribution in [-0.4, -0.2) is 63.6 Å². The van der Waals surface area contributed by atoms with E-state index in [0.717, 1.165) is 24.3 Å². The predicted octanol–water partition coefficient (Wildman–Crippen LogP) is 2.12. The number of hydrogen-bond acceptors (Lipinski definition) is 3. The molecule has 1 N–H and O–H groups in total. The van der Waals surface area contributed by atoms with Crippen molar-refractivity contribution < 1.29 is 14.7 Å². The molecule has 0 radical (unpaired) electrons. The zero-order valence-electron chi connectivity index (χ0n) is 12.5. The molecule has 6 heteroatoms. The van der Waals surface area contributed by atoms with Crippen LogP contribution in [0, 0.1) is 5.41 Å². The van der Waals surface area contributed by atoms with Crippen molar-refractivity contribution in [2.24, 2.45) is 5.41 Å². The normalized spacial score (nSPS) is 30.1. The van der Waals surface area contributed by atoms with E-state index in [9.17, 15) is 14.7 Å². The van der Waals surface area contributed by atoms with Gasteiger partial charge < -0.3 is 14.9 Å². The molecule has 2 saturated heterocycles. The molecule has 2 aliphatic rings. The van der Waals surface area contributed by atoms with Gasteiger partial charge in [-0.15, -0.1) is 0 Å². The van der Waals surface area contributed by atoms with Crippen molar-refractivity contribution in [3.05, 3.63) is 0 Å². The maximum absolute atomic E-state index is 12.7. The third-order valence-corrected chi connectivity index (χ3v) is 5.55. The third-order valence-electron chi connectivity index (χ3n) is 4.36. The number of piperidine rings is 1. The molecule has 0 aromatic carbocycles. The minimum absolute atomic E-state index is 0.0991. The van der Waals surface area contributed by atoms with Gasteiger partial charge in [-0.2, -0.15) is 11.8 Å². The molecule has 2 fully saturated rings. The van der Waals surface area contributed by atoms with E-state index in [2.05, 4.69) is 0 Å². The molecule has 20 heavy (non-hydrogen) atoms. The number of carboxylic acids is 1. The molecule has 0 aromatic rings. The fourth-order valence-electron chi connectivity index (χ4n) is 3.24. The minimum atomic E-state index is -0.887. The van der Waals surface area contributed by atoms with Crippen LogP contribution in [0.15, 0.2) is 0 Å². The molecule has 2 heterocycles. The molecule has 114 valence electrons. The van der Waals surface area contributed by atoms with Crippen LogP contribution < -0.4 is 0 Å². The van der Waals surface area contributed by atoms with Gasteiger partial charge in [-0.25, -0.2) is 9.59 Å². The van der Waals surface area contributed by atoms with Crippen LogP contribution in [0.1, 0.15) is 33.6 Å². The van der Waals surface area contributed by atoms with Gasteiger partial charge in [-0.1, -0.05) is 13.8 Å². The number of urea groups is 1.